The Morgan fingerprint density at radius 2 is 2.00 bits per heavy atom. The Morgan fingerprint density at radius 1 is 1.29 bits per heavy atom. The summed E-state index contributed by atoms with van der Waals surface area (Å²) in [4.78, 5) is 7.95. The summed E-state index contributed by atoms with van der Waals surface area (Å²) in [6.45, 7) is 0.638. The molecule has 1 aliphatic rings. The maximum atomic E-state index is 10.8. The minimum atomic E-state index is -1.99. The number of ether oxygens (including phenoxy) is 1. The van der Waals surface area contributed by atoms with E-state index in [1.54, 1.807) is 6.07 Å². The van der Waals surface area contributed by atoms with Crippen molar-refractivity contribution in [3.63, 3.8) is 0 Å². The molecule has 2 aromatic heterocycles. The van der Waals surface area contributed by atoms with Crippen LogP contribution in [0.4, 0.5) is 0 Å². The van der Waals surface area contributed by atoms with Gasteiger partial charge in [0.25, 0.3) is 0 Å². The lowest BCUT2D eigenvalue weighted by Gasteiger charge is -2.36. The van der Waals surface area contributed by atoms with E-state index in [-0.39, 0.29) is 5.15 Å². The van der Waals surface area contributed by atoms with Gasteiger partial charge in [-0.3, -0.25) is 0 Å². The summed E-state index contributed by atoms with van der Waals surface area (Å²) in [6, 6.07) is 1.61. The van der Waals surface area contributed by atoms with Crippen LogP contribution in [0, 0.1) is 0 Å². The van der Waals surface area contributed by atoms with E-state index in [9.17, 15) is 25.5 Å². The van der Waals surface area contributed by atoms with Crippen LogP contribution in [-0.2, 0) is 4.74 Å². The molecule has 1 fully saturated rings. The standard InChI is InChI=1S/C14H18ClN3O6/c1-14(23)10(22)9(21)8(20)7(4-19)24-13(14)18-3-2-6-11(15)16-5-17-12(6)18/h2-3,5,7-10,13,19-23H,4H2,1H3/t7-,8-,9+,10-,13-,14-/m1/s1. The Bertz CT molecular complexity index is 738. The first-order chi connectivity index (χ1) is 11.3. The fraction of sp³-hybridized carbons (Fsp3) is 0.571. The fourth-order valence-corrected chi connectivity index (χ4v) is 3.10. The Labute approximate surface area is 141 Å². The van der Waals surface area contributed by atoms with Crippen molar-refractivity contribution in [3.05, 3.63) is 23.7 Å². The molecule has 0 saturated carbocycles. The summed E-state index contributed by atoms with van der Waals surface area (Å²) in [5.74, 6) is 0. The van der Waals surface area contributed by atoms with Crippen molar-refractivity contribution in [2.45, 2.75) is 43.2 Å². The van der Waals surface area contributed by atoms with Crippen LogP contribution in [0.3, 0.4) is 0 Å². The Balaban J connectivity index is 2.14. The van der Waals surface area contributed by atoms with E-state index >= 15 is 0 Å². The van der Waals surface area contributed by atoms with Crippen molar-refractivity contribution in [3.8, 4) is 0 Å². The zero-order chi connectivity index (χ0) is 17.6. The van der Waals surface area contributed by atoms with Gasteiger partial charge in [-0.2, -0.15) is 0 Å². The number of halogens is 1. The molecule has 5 N–H and O–H groups in total. The van der Waals surface area contributed by atoms with Gasteiger partial charge in [0.15, 0.2) is 6.23 Å². The van der Waals surface area contributed by atoms with E-state index in [4.69, 9.17) is 16.3 Å². The highest BCUT2D eigenvalue weighted by atomic mass is 35.5. The second-order valence-electron chi connectivity index (χ2n) is 5.99. The van der Waals surface area contributed by atoms with Crippen LogP contribution in [0.2, 0.25) is 5.15 Å². The number of hydrogen-bond acceptors (Lipinski definition) is 8. The van der Waals surface area contributed by atoms with Crippen LogP contribution in [-0.4, -0.2) is 76.7 Å². The highest BCUT2D eigenvalue weighted by Crippen LogP contribution is 2.37. The van der Waals surface area contributed by atoms with Gasteiger partial charge in [-0.1, -0.05) is 11.6 Å². The van der Waals surface area contributed by atoms with Crippen molar-refractivity contribution in [1.82, 2.24) is 14.5 Å². The van der Waals surface area contributed by atoms with Crippen LogP contribution < -0.4 is 0 Å². The van der Waals surface area contributed by atoms with Gasteiger partial charge in [0, 0.05) is 6.20 Å². The SMILES string of the molecule is C[C@@]1(O)[C@H](O)[C@@H](O)[C@H](O)[C@@H](CO)O[C@H]1n1ccc2c(Cl)ncnc21. The van der Waals surface area contributed by atoms with E-state index in [0.717, 1.165) is 0 Å². The van der Waals surface area contributed by atoms with E-state index in [1.165, 1.54) is 24.0 Å². The quantitative estimate of drug-likeness (QED) is 0.421. The Morgan fingerprint density at radius 3 is 2.67 bits per heavy atom. The molecule has 1 saturated heterocycles. The molecule has 0 radical (unpaired) electrons. The average molecular weight is 360 g/mol. The lowest BCUT2D eigenvalue weighted by Crippen LogP contribution is -2.53. The molecular weight excluding hydrogens is 342 g/mol. The lowest BCUT2D eigenvalue weighted by molar-refractivity contribution is -0.197. The maximum absolute atomic E-state index is 10.8. The molecule has 2 aromatic rings. The van der Waals surface area contributed by atoms with Gasteiger partial charge in [0.05, 0.1) is 12.0 Å². The monoisotopic (exact) mass is 359 g/mol. The number of rotatable bonds is 2. The number of aromatic nitrogens is 3. The van der Waals surface area contributed by atoms with Crippen LogP contribution in [0.25, 0.3) is 11.0 Å². The molecule has 0 spiro atoms. The lowest BCUT2D eigenvalue weighted by atomic mass is 9.90. The summed E-state index contributed by atoms with van der Waals surface area (Å²) in [6.07, 6.45) is -4.73. The molecule has 9 nitrogen and oxygen atoms in total. The fourth-order valence-electron chi connectivity index (χ4n) is 2.91. The van der Waals surface area contributed by atoms with E-state index in [2.05, 4.69) is 9.97 Å². The van der Waals surface area contributed by atoms with Gasteiger partial charge in [0.2, 0.25) is 0 Å². The molecule has 0 aromatic carbocycles. The molecular formula is C14H18ClN3O6. The summed E-state index contributed by atoms with van der Waals surface area (Å²) in [5.41, 5.74) is -1.66. The Kier molecular flexibility index (Phi) is 4.51. The van der Waals surface area contributed by atoms with E-state index in [1.807, 2.05) is 0 Å². The van der Waals surface area contributed by atoms with Crippen LogP contribution in [0.1, 0.15) is 13.2 Å². The number of aliphatic hydroxyl groups is 5. The van der Waals surface area contributed by atoms with Crippen molar-refractivity contribution in [2.75, 3.05) is 6.61 Å². The topological polar surface area (TPSA) is 141 Å². The van der Waals surface area contributed by atoms with Crippen LogP contribution in [0.15, 0.2) is 18.6 Å². The van der Waals surface area contributed by atoms with Crippen molar-refractivity contribution in [1.29, 1.82) is 0 Å². The first-order valence-corrected chi connectivity index (χ1v) is 7.66. The van der Waals surface area contributed by atoms with E-state index < -0.39 is 42.9 Å². The van der Waals surface area contributed by atoms with Crippen LogP contribution >= 0.6 is 11.6 Å². The third-order valence-electron chi connectivity index (χ3n) is 4.35. The molecule has 3 heterocycles. The summed E-state index contributed by atoms with van der Waals surface area (Å²) in [7, 11) is 0. The zero-order valence-electron chi connectivity index (χ0n) is 12.7. The predicted molar refractivity (Wildman–Crippen MR) is 82.2 cm³/mol. The number of fused-ring (bicyclic) bond motifs is 1. The summed E-state index contributed by atoms with van der Waals surface area (Å²) >= 11 is 6.01. The second kappa shape index (κ2) is 6.19. The smallest absolute Gasteiger partial charge is 0.167 e. The molecule has 10 heteroatoms. The first-order valence-electron chi connectivity index (χ1n) is 7.29. The minimum Gasteiger partial charge on any atom is -0.394 e. The molecule has 0 bridgehead atoms. The maximum Gasteiger partial charge on any atom is 0.167 e. The highest BCUT2D eigenvalue weighted by molar-refractivity contribution is 6.33. The predicted octanol–water partition coefficient (Wildman–Crippen LogP) is -1.19. The number of aliphatic hydroxyl groups excluding tert-OH is 4. The third kappa shape index (κ3) is 2.58. The Hall–Kier alpha value is -1.33. The van der Waals surface area contributed by atoms with Gasteiger partial charge in [-0.05, 0) is 13.0 Å². The number of hydrogen-bond donors (Lipinski definition) is 5. The average Bonchev–Trinajstić information content (AvgIpc) is 2.96. The molecule has 6 atom stereocenters. The zero-order valence-corrected chi connectivity index (χ0v) is 13.4. The second-order valence-corrected chi connectivity index (χ2v) is 6.34. The molecule has 0 unspecified atom stereocenters. The summed E-state index contributed by atoms with van der Waals surface area (Å²) in [5, 5.41) is 51.2. The van der Waals surface area contributed by atoms with Gasteiger partial charge in [-0.15, -0.1) is 0 Å². The van der Waals surface area contributed by atoms with Gasteiger partial charge in [0.1, 0.15) is 47.1 Å². The van der Waals surface area contributed by atoms with E-state index in [0.29, 0.717) is 11.0 Å². The normalized spacial score (nSPS) is 37.5. The van der Waals surface area contributed by atoms with Gasteiger partial charge in [-0.25, -0.2) is 9.97 Å². The van der Waals surface area contributed by atoms with Gasteiger partial charge < -0.3 is 34.8 Å². The molecule has 132 valence electrons. The largest absolute Gasteiger partial charge is 0.394 e. The number of nitrogens with zero attached hydrogens (tertiary/aromatic N) is 3. The van der Waals surface area contributed by atoms with Gasteiger partial charge >= 0.3 is 0 Å². The van der Waals surface area contributed by atoms with Crippen molar-refractivity contribution in [2.24, 2.45) is 0 Å². The van der Waals surface area contributed by atoms with Crippen molar-refractivity contribution >= 4 is 22.6 Å². The molecule has 24 heavy (non-hydrogen) atoms. The molecule has 0 amide bonds. The summed E-state index contributed by atoms with van der Waals surface area (Å²) < 4.78 is 7.01. The molecule has 1 aliphatic heterocycles. The minimum absolute atomic E-state index is 0.200. The van der Waals surface area contributed by atoms with Crippen molar-refractivity contribution < 1.29 is 30.3 Å². The first kappa shape index (κ1) is 17.5. The molecule has 3 rings (SSSR count). The van der Waals surface area contributed by atoms with Crippen LogP contribution in [0.5, 0.6) is 0 Å². The third-order valence-corrected chi connectivity index (χ3v) is 4.65. The highest BCUT2D eigenvalue weighted by Gasteiger charge is 2.52. The molecule has 0 aliphatic carbocycles.